The van der Waals surface area contributed by atoms with Gasteiger partial charge in [-0.2, -0.15) is 0 Å². The second-order valence-electron chi connectivity index (χ2n) is 5.49. The van der Waals surface area contributed by atoms with Crippen molar-refractivity contribution in [2.45, 2.75) is 31.0 Å². The second-order valence-corrected chi connectivity index (χ2v) is 5.49. The third-order valence-corrected chi connectivity index (χ3v) is 4.69. The number of phenols is 1. The van der Waals surface area contributed by atoms with E-state index in [9.17, 15) is 9.90 Å². The zero-order chi connectivity index (χ0) is 12.9. The summed E-state index contributed by atoms with van der Waals surface area (Å²) in [4.78, 5) is 11.5. The lowest BCUT2D eigenvalue weighted by atomic mass is 9.82. The maximum absolute atomic E-state index is 11.5. The van der Waals surface area contributed by atoms with E-state index in [0.717, 1.165) is 5.56 Å². The van der Waals surface area contributed by atoms with Crippen molar-refractivity contribution in [3.63, 3.8) is 0 Å². The normalized spacial score (nSPS) is 35.7. The molecule has 0 radical (unpaired) electrons. The summed E-state index contributed by atoms with van der Waals surface area (Å²) in [5.41, 5.74) is 1.55. The van der Waals surface area contributed by atoms with Crippen LogP contribution in [-0.4, -0.2) is 23.9 Å². The van der Waals surface area contributed by atoms with E-state index in [1.807, 2.05) is 0 Å². The van der Waals surface area contributed by atoms with Gasteiger partial charge in [0.2, 0.25) is 6.79 Å². The summed E-state index contributed by atoms with van der Waals surface area (Å²) in [5.74, 6) is 1.20. The Kier molecular flexibility index (Phi) is 1.38. The molecular weight excluding hydrogens is 250 g/mol. The van der Waals surface area contributed by atoms with Gasteiger partial charge in [-0.3, -0.25) is 10.1 Å². The predicted octanol–water partition coefficient (Wildman–Crippen LogP) is 0.598. The lowest BCUT2D eigenvalue weighted by Crippen LogP contribution is -2.61. The molecule has 0 unspecified atom stereocenters. The van der Waals surface area contributed by atoms with E-state index in [2.05, 4.69) is 5.32 Å². The van der Waals surface area contributed by atoms with Crippen LogP contribution in [0.4, 0.5) is 0 Å². The average Bonchev–Trinajstić information content (AvgIpc) is 3.03. The van der Waals surface area contributed by atoms with Gasteiger partial charge in [0, 0.05) is 29.2 Å². The number of phenolic OH excluding ortho intramolecular Hbond substituents is 1. The second kappa shape index (κ2) is 2.65. The molecule has 5 rings (SSSR count). The number of carbonyl (C=O) groups excluding carboxylic acids is 1. The molecule has 0 aromatic heterocycles. The third kappa shape index (κ3) is 0.823. The van der Waals surface area contributed by atoms with Crippen molar-refractivity contribution in [1.82, 2.24) is 5.32 Å². The predicted molar refractivity (Wildman–Crippen MR) is 61.0 cm³/mol. The molecule has 1 aliphatic carbocycles. The maximum Gasteiger partial charge on any atom is 0.328 e. The molecule has 6 nitrogen and oxygen atoms in total. The summed E-state index contributed by atoms with van der Waals surface area (Å²) in [5, 5.41) is 13.7. The molecule has 3 heterocycles. The largest absolute Gasteiger partial charge is 0.507 e. The first-order chi connectivity index (χ1) is 9.13. The summed E-state index contributed by atoms with van der Waals surface area (Å²) >= 11 is 0. The van der Waals surface area contributed by atoms with Gasteiger partial charge < -0.3 is 19.3 Å². The van der Waals surface area contributed by atoms with Gasteiger partial charge in [0.25, 0.3) is 0 Å². The monoisotopic (exact) mass is 261 g/mol. The molecule has 2 fully saturated rings. The fourth-order valence-corrected chi connectivity index (χ4v) is 3.89. The molecule has 19 heavy (non-hydrogen) atoms. The Bertz CT molecular complexity index is 670. The number of rotatable bonds is 0. The summed E-state index contributed by atoms with van der Waals surface area (Å²) in [7, 11) is 0. The first kappa shape index (κ1) is 9.91. The van der Waals surface area contributed by atoms with Crippen LogP contribution in [0.3, 0.4) is 0 Å². The first-order valence-corrected chi connectivity index (χ1v) is 6.28. The molecule has 6 heteroatoms. The number of fused-ring (bicyclic) bond motifs is 5. The Balaban J connectivity index is 1.86. The fraction of sp³-hybridized carbons (Fsp3) is 0.462. The first-order valence-electron chi connectivity index (χ1n) is 6.28. The number of ether oxygens (including phenoxy) is 3. The zero-order valence-electron chi connectivity index (χ0n) is 10.1. The number of carbonyl (C=O) groups is 1. The standard InChI is InChI=1S/C13H11NO5/c1-4-8(15)7-6(10-9(4)17-3-18-10)5-2-13(7)11(14-5)12(16)19-13/h5,11,14-15H,2-3H2,1H3/t5-,11-,13+/m1/s1. The van der Waals surface area contributed by atoms with Crippen molar-refractivity contribution in [2.24, 2.45) is 0 Å². The van der Waals surface area contributed by atoms with Crippen molar-refractivity contribution in [3.8, 4) is 17.2 Å². The number of hydrogen-bond donors (Lipinski definition) is 2. The molecule has 98 valence electrons. The summed E-state index contributed by atoms with van der Waals surface area (Å²) in [6.07, 6.45) is 0.658. The molecule has 2 saturated heterocycles. The van der Waals surface area contributed by atoms with E-state index in [0.29, 0.717) is 29.0 Å². The van der Waals surface area contributed by atoms with E-state index in [1.165, 1.54) is 0 Å². The molecule has 2 N–H and O–H groups in total. The highest BCUT2D eigenvalue weighted by molar-refractivity contribution is 5.89. The molecule has 3 aliphatic heterocycles. The fourth-order valence-electron chi connectivity index (χ4n) is 3.89. The molecular formula is C13H11NO5. The zero-order valence-corrected chi connectivity index (χ0v) is 10.1. The highest BCUT2D eigenvalue weighted by Gasteiger charge is 2.70. The molecule has 1 aromatic rings. The van der Waals surface area contributed by atoms with Crippen LogP contribution in [0.2, 0.25) is 0 Å². The quantitative estimate of drug-likeness (QED) is 0.666. The minimum Gasteiger partial charge on any atom is -0.507 e. The van der Waals surface area contributed by atoms with Gasteiger partial charge in [-0.15, -0.1) is 0 Å². The van der Waals surface area contributed by atoms with Crippen molar-refractivity contribution in [2.75, 3.05) is 6.79 Å². The number of nitrogens with one attached hydrogen (secondary N) is 1. The summed E-state index contributed by atoms with van der Waals surface area (Å²) < 4.78 is 16.4. The SMILES string of the molecule is Cc1c(O)c2c(c3c1OCO3)[C@H]1C[C@]23OC(=O)[C@H]3N1. The molecule has 2 bridgehead atoms. The topological polar surface area (TPSA) is 77.0 Å². The number of esters is 1. The van der Waals surface area contributed by atoms with Crippen molar-refractivity contribution in [1.29, 1.82) is 0 Å². The highest BCUT2D eigenvalue weighted by atomic mass is 16.7. The lowest BCUT2D eigenvalue weighted by molar-refractivity contribution is -0.197. The van der Waals surface area contributed by atoms with Gasteiger partial charge in [-0.05, 0) is 6.92 Å². The third-order valence-electron chi connectivity index (χ3n) is 4.69. The molecule has 0 amide bonds. The average molecular weight is 261 g/mol. The molecule has 3 atom stereocenters. The Morgan fingerprint density at radius 1 is 1.37 bits per heavy atom. The van der Waals surface area contributed by atoms with Crippen LogP contribution in [0.1, 0.15) is 29.2 Å². The van der Waals surface area contributed by atoms with Crippen LogP contribution in [-0.2, 0) is 15.1 Å². The highest BCUT2D eigenvalue weighted by Crippen LogP contribution is 2.65. The molecule has 1 spiro atoms. The van der Waals surface area contributed by atoms with Gasteiger partial charge >= 0.3 is 5.97 Å². The molecule has 1 aromatic carbocycles. The number of hydrogen-bond acceptors (Lipinski definition) is 6. The van der Waals surface area contributed by atoms with Crippen LogP contribution in [0.25, 0.3) is 0 Å². The van der Waals surface area contributed by atoms with E-state index in [4.69, 9.17) is 14.2 Å². The van der Waals surface area contributed by atoms with Gasteiger partial charge in [0.15, 0.2) is 23.1 Å². The Labute approximate surface area is 108 Å². The van der Waals surface area contributed by atoms with Crippen molar-refractivity contribution < 1.29 is 24.1 Å². The van der Waals surface area contributed by atoms with Crippen LogP contribution in [0.5, 0.6) is 17.2 Å². The van der Waals surface area contributed by atoms with Crippen molar-refractivity contribution >= 4 is 5.97 Å². The molecule has 0 saturated carbocycles. The van der Waals surface area contributed by atoms with Gasteiger partial charge in [0.1, 0.15) is 5.75 Å². The Morgan fingerprint density at radius 2 is 2.16 bits per heavy atom. The van der Waals surface area contributed by atoms with E-state index < -0.39 is 5.60 Å². The minimum atomic E-state index is -0.701. The van der Waals surface area contributed by atoms with Crippen molar-refractivity contribution in [3.05, 3.63) is 16.7 Å². The van der Waals surface area contributed by atoms with E-state index in [1.54, 1.807) is 6.92 Å². The van der Waals surface area contributed by atoms with Gasteiger partial charge in [0.05, 0.1) is 0 Å². The van der Waals surface area contributed by atoms with E-state index >= 15 is 0 Å². The van der Waals surface area contributed by atoms with Crippen LogP contribution in [0, 0.1) is 6.92 Å². The Morgan fingerprint density at radius 3 is 2.95 bits per heavy atom. The van der Waals surface area contributed by atoms with Crippen LogP contribution < -0.4 is 14.8 Å². The van der Waals surface area contributed by atoms with E-state index in [-0.39, 0.29) is 30.6 Å². The lowest BCUT2D eigenvalue weighted by Gasteiger charge is -2.44. The summed E-state index contributed by atoms with van der Waals surface area (Å²) in [6.45, 7) is 1.95. The molecule has 4 aliphatic rings. The van der Waals surface area contributed by atoms with Gasteiger partial charge in [-0.1, -0.05) is 0 Å². The number of benzene rings is 1. The maximum atomic E-state index is 11.5. The summed E-state index contributed by atoms with van der Waals surface area (Å²) in [6, 6.07) is -0.357. The smallest absolute Gasteiger partial charge is 0.328 e. The van der Waals surface area contributed by atoms with Crippen LogP contribution in [0.15, 0.2) is 0 Å². The minimum absolute atomic E-state index is 0.0200. The van der Waals surface area contributed by atoms with Crippen LogP contribution >= 0.6 is 0 Å². The van der Waals surface area contributed by atoms with Gasteiger partial charge in [-0.25, -0.2) is 0 Å². The number of aromatic hydroxyl groups is 1. The Hall–Kier alpha value is -1.95.